The molecule has 3 nitrogen and oxygen atoms in total. The molecule has 0 spiro atoms. The first kappa shape index (κ1) is 13.5. The lowest BCUT2D eigenvalue weighted by Gasteiger charge is -2.35. The van der Waals surface area contributed by atoms with Gasteiger partial charge in [0.25, 0.3) is 0 Å². The summed E-state index contributed by atoms with van der Waals surface area (Å²) in [4.78, 5) is 2.40. The molecule has 0 amide bonds. The minimum Gasteiger partial charge on any atom is -0.493 e. The second-order valence-corrected chi connectivity index (χ2v) is 4.93. The molecule has 1 aromatic rings. The molecule has 0 saturated heterocycles. The molecular formula is C14H20ClNO2. The number of halogens is 1. The van der Waals surface area contributed by atoms with Gasteiger partial charge in [0.15, 0.2) is 11.5 Å². The fourth-order valence-electron chi connectivity index (χ4n) is 2.61. The van der Waals surface area contributed by atoms with E-state index in [0.717, 1.165) is 31.0 Å². The van der Waals surface area contributed by atoms with Crippen LogP contribution in [-0.2, 0) is 6.42 Å². The summed E-state index contributed by atoms with van der Waals surface area (Å²) in [6, 6.07) is 4.58. The van der Waals surface area contributed by atoms with E-state index < -0.39 is 0 Å². The fourth-order valence-corrected chi connectivity index (χ4v) is 2.83. The molecule has 4 heteroatoms. The van der Waals surface area contributed by atoms with E-state index in [0.29, 0.717) is 11.9 Å². The van der Waals surface area contributed by atoms with Crippen molar-refractivity contribution in [1.82, 2.24) is 4.90 Å². The van der Waals surface area contributed by atoms with Crippen LogP contribution in [0.3, 0.4) is 0 Å². The molecule has 1 heterocycles. The quantitative estimate of drug-likeness (QED) is 0.785. The van der Waals surface area contributed by atoms with Gasteiger partial charge in [-0.25, -0.2) is 0 Å². The van der Waals surface area contributed by atoms with E-state index in [9.17, 15) is 0 Å². The number of benzene rings is 1. The van der Waals surface area contributed by atoms with Crippen LogP contribution in [-0.4, -0.2) is 38.1 Å². The number of hydrogen-bond acceptors (Lipinski definition) is 3. The summed E-state index contributed by atoms with van der Waals surface area (Å²) in [6.07, 6.45) is 1.04. The maximum Gasteiger partial charge on any atom is 0.161 e. The number of ether oxygens (including phenoxy) is 2. The van der Waals surface area contributed by atoms with Crippen molar-refractivity contribution >= 4 is 11.6 Å². The van der Waals surface area contributed by atoms with Crippen LogP contribution in [0, 0.1) is 0 Å². The third kappa shape index (κ3) is 2.43. The van der Waals surface area contributed by atoms with Crippen LogP contribution in [0.5, 0.6) is 11.5 Å². The Kier molecular flexibility index (Phi) is 4.36. The number of nitrogens with zero attached hydrogens (tertiary/aromatic N) is 1. The van der Waals surface area contributed by atoms with Crippen molar-refractivity contribution in [1.29, 1.82) is 0 Å². The predicted molar refractivity (Wildman–Crippen MR) is 74.0 cm³/mol. The molecule has 1 unspecified atom stereocenters. The monoisotopic (exact) mass is 269 g/mol. The number of hydrogen-bond donors (Lipinski definition) is 0. The maximum absolute atomic E-state index is 5.85. The molecule has 0 bridgehead atoms. The number of fused-ring (bicyclic) bond motifs is 1. The summed E-state index contributed by atoms with van der Waals surface area (Å²) in [5.74, 6) is 2.29. The Morgan fingerprint density at radius 2 is 1.94 bits per heavy atom. The molecule has 0 saturated carbocycles. The average molecular weight is 270 g/mol. The zero-order chi connectivity index (χ0) is 13.1. The van der Waals surface area contributed by atoms with E-state index in [-0.39, 0.29) is 0 Å². The van der Waals surface area contributed by atoms with Gasteiger partial charge in [0.1, 0.15) is 0 Å². The molecule has 0 aromatic heterocycles. The van der Waals surface area contributed by atoms with E-state index in [4.69, 9.17) is 21.1 Å². The van der Waals surface area contributed by atoms with Gasteiger partial charge in [0.05, 0.1) is 14.2 Å². The molecule has 0 radical (unpaired) electrons. The standard InChI is InChI=1S/C14H20ClNO2/c1-10-12-9-14(18-3)13(17-2)8-11(12)4-6-16(10)7-5-15/h8-10H,4-7H2,1-3H3. The largest absolute Gasteiger partial charge is 0.493 e. The van der Waals surface area contributed by atoms with Crippen LogP contribution < -0.4 is 9.47 Å². The van der Waals surface area contributed by atoms with Crippen molar-refractivity contribution in [2.75, 3.05) is 33.2 Å². The Balaban J connectivity index is 2.35. The lowest BCUT2D eigenvalue weighted by atomic mass is 9.93. The van der Waals surface area contributed by atoms with Gasteiger partial charge in [-0.2, -0.15) is 0 Å². The predicted octanol–water partition coefficient (Wildman–Crippen LogP) is 2.86. The summed E-state index contributed by atoms with van der Waals surface area (Å²) in [6.45, 7) is 4.20. The van der Waals surface area contributed by atoms with Crippen molar-refractivity contribution in [3.05, 3.63) is 23.3 Å². The Morgan fingerprint density at radius 3 is 2.56 bits per heavy atom. The number of rotatable bonds is 4. The van der Waals surface area contributed by atoms with Gasteiger partial charge < -0.3 is 9.47 Å². The van der Waals surface area contributed by atoms with Crippen LogP contribution in [0.1, 0.15) is 24.1 Å². The average Bonchev–Trinajstić information content (AvgIpc) is 2.41. The van der Waals surface area contributed by atoms with E-state index >= 15 is 0 Å². The van der Waals surface area contributed by atoms with Gasteiger partial charge in [-0.3, -0.25) is 4.90 Å². The van der Waals surface area contributed by atoms with Crippen molar-refractivity contribution in [2.24, 2.45) is 0 Å². The summed E-state index contributed by atoms with van der Waals surface area (Å²) in [7, 11) is 3.35. The third-order valence-corrected chi connectivity index (χ3v) is 3.85. The lowest BCUT2D eigenvalue weighted by Crippen LogP contribution is -2.35. The molecule has 1 aromatic carbocycles. The second kappa shape index (κ2) is 5.81. The van der Waals surface area contributed by atoms with Gasteiger partial charge in [-0.1, -0.05) is 0 Å². The molecule has 18 heavy (non-hydrogen) atoms. The van der Waals surface area contributed by atoms with Crippen LogP contribution >= 0.6 is 11.6 Å². The first-order valence-corrected chi connectivity index (χ1v) is 6.79. The van der Waals surface area contributed by atoms with E-state index in [1.165, 1.54) is 11.1 Å². The van der Waals surface area contributed by atoms with Gasteiger partial charge in [-0.15, -0.1) is 11.6 Å². The van der Waals surface area contributed by atoms with Gasteiger partial charge in [0.2, 0.25) is 0 Å². The molecule has 0 fully saturated rings. The Hall–Kier alpha value is -0.930. The molecule has 0 aliphatic carbocycles. The Labute approximate surface area is 114 Å². The van der Waals surface area contributed by atoms with Crippen molar-refractivity contribution in [2.45, 2.75) is 19.4 Å². The van der Waals surface area contributed by atoms with E-state index in [2.05, 4.69) is 24.0 Å². The molecule has 1 aliphatic rings. The first-order chi connectivity index (χ1) is 8.71. The third-order valence-electron chi connectivity index (χ3n) is 3.68. The molecule has 2 rings (SSSR count). The van der Waals surface area contributed by atoms with Crippen LogP contribution in [0.4, 0.5) is 0 Å². The SMILES string of the molecule is COc1cc2c(cc1OC)C(C)N(CCCl)CC2. The molecule has 100 valence electrons. The topological polar surface area (TPSA) is 21.7 Å². The summed E-state index contributed by atoms with van der Waals surface area (Å²) >= 11 is 5.85. The number of methoxy groups -OCH3 is 2. The Bertz CT molecular complexity index is 423. The van der Waals surface area contributed by atoms with Crippen LogP contribution in [0.2, 0.25) is 0 Å². The van der Waals surface area contributed by atoms with Gasteiger partial charge in [0, 0.05) is 25.0 Å². The highest BCUT2D eigenvalue weighted by Crippen LogP contribution is 2.37. The fraction of sp³-hybridized carbons (Fsp3) is 0.571. The summed E-state index contributed by atoms with van der Waals surface area (Å²) in [5, 5.41) is 0. The van der Waals surface area contributed by atoms with E-state index in [1.807, 2.05) is 0 Å². The van der Waals surface area contributed by atoms with Crippen LogP contribution in [0.15, 0.2) is 12.1 Å². The molecule has 0 N–H and O–H groups in total. The first-order valence-electron chi connectivity index (χ1n) is 6.26. The van der Waals surface area contributed by atoms with Crippen molar-refractivity contribution < 1.29 is 9.47 Å². The highest BCUT2D eigenvalue weighted by atomic mass is 35.5. The minimum atomic E-state index is 0.382. The smallest absolute Gasteiger partial charge is 0.161 e. The van der Waals surface area contributed by atoms with Crippen molar-refractivity contribution in [3.8, 4) is 11.5 Å². The number of alkyl halides is 1. The van der Waals surface area contributed by atoms with Gasteiger partial charge >= 0.3 is 0 Å². The lowest BCUT2D eigenvalue weighted by molar-refractivity contribution is 0.210. The summed E-state index contributed by atoms with van der Waals surface area (Å²) in [5.41, 5.74) is 2.68. The maximum atomic E-state index is 5.85. The Morgan fingerprint density at radius 1 is 1.28 bits per heavy atom. The molecule has 1 aliphatic heterocycles. The minimum absolute atomic E-state index is 0.382. The highest BCUT2D eigenvalue weighted by molar-refractivity contribution is 6.18. The van der Waals surface area contributed by atoms with E-state index in [1.54, 1.807) is 14.2 Å². The normalized spacial score (nSPS) is 19.4. The summed E-state index contributed by atoms with van der Waals surface area (Å²) < 4.78 is 10.7. The second-order valence-electron chi connectivity index (χ2n) is 4.56. The van der Waals surface area contributed by atoms with Crippen LogP contribution in [0.25, 0.3) is 0 Å². The molecule has 1 atom stereocenters. The van der Waals surface area contributed by atoms with Gasteiger partial charge in [-0.05, 0) is 36.6 Å². The highest BCUT2D eigenvalue weighted by Gasteiger charge is 2.25. The zero-order valence-corrected chi connectivity index (χ0v) is 12.0. The van der Waals surface area contributed by atoms with Crippen molar-refractivity contribution in [3.63, 3.8) is 0 Å². The molecular weight excluding hydrogens is 250 g/mol. The zero-order valence-electron chi connectivity index (χ0n) is 11.2.